The van der Waals surface area contributed by atoms with E-state index in [-0.39, 0.29) is 24.3 Å². The first-order chi connectivity index (χ1) is 12.0. The minimum atomic E-state index is 0. The normalized spacial score (nSPS) is 33.0. The van der Waals surface area contributed by atoms with Crippen LogP contribution in [0.1, 0.15) is 71.4 Å². The van der Waals surface area contributed by atoms with Crippen LogP contribution in [0, 0.1) is 16.7 Å². The Morgan fingerprint density at radius 2 is 1.92 bits per heavy atom. The van der Waals surface area contributed by atoms with Gasteiger partial charge in [0.15, 0.2) is 0 Å². The summed E-state index contributed by atoms with van der Waals surface area (Å²) >= 11 is 1.83. The number of fused-ring (bicyclic) bond motifs is 2. The van der Waals surface area contributed by atoms with Crippen LogP contribution in [0.25, 0.3) is 4.72 Å². The van der Waals surface area contributed by atoms with Crippen molar-refractivity contribution < 1.29 is 23.6 Å². The minimum Gasteiger partial charge on any atom is -0.599 e. The molecule has 1 aromatic carbocycles. The van der Waals surface area contributed by atoms with E-state index in [1.54, 1.807) is 0 Å². The standard InChI is InChI=1S/C22H34NOS.Li/c1-6-7-13-18(16-11-9-8-10-12-16)23-25-19-17-14-15-22(4,20(19)24-5)21(17,2)3;/h8-12,17-20H,6-7,13-15H2,1-5H3;/q-1;+1/t17-,18?,19?,20?,22+;/m1./s1. The second-order valence-electron chi connectivity index (χ2n) is 8.68. The maximum atomic E-state index is 6.03. The van der Waals surface area contributed by atoms with Crippen molar-refractivity contribution in [1.29, 1.82) is 0 Å². The van der Waals surface area contributed by atoms with Crippen LogP contribution < -0.4 is 18.9 Å². The molecule has 0 N–H and O–H groups in total. The molecule has 0 heterocycles. The maximum absolute atomic E-state index is 6.03. The van der Waals surface area contributed by atoms with Gasteiger partial charge in [-0.1, -0.05) is 82.9 Å². The molecule has 2 nitrogen and oxygen atoms in total. The molecule has 2 aliphatic rings. The van der Waals surface area contributed by atoms with Gasteiger partial charge in [-0.15, -0.1) is 6.04 Å². The van der Waals surface area contributed by atoms with E-state index in [1.165, 1.54) is 31.2 Å². The first-order valence-corrected chi connectivity index (χ1v) is 10.7. The smallest absolute Gasteiger partial charge is 0.599 e. The first kappa shape index (κ1) is 22.4. The second kappa shape index (κ2) is 9.06. The molecule has 140 valence electrons. The zero-order valence-electron chi connectivity index (χ0n) is 17.5. The van der Waals surface area contributed by atoms with E-state index in [1.807, 2.05) is 19.1 Å². The predicted octanol–water partition coefficient (Wildman–Crippen LogP) is 3.78. The molecule has 0 amide bonds. The number of unbranched alkanes of at least 4 members (excludes halogenated alkanes) is 1. The number of hydrogen-bond acceptors (Lipinski definition) is 2. The van der Waals surface area contributed by atoms with Crippen LogP contribution in [0.5, 0.6) is 0 Å². The molecule has 2 fully saturated rings. The van der Waals surface area contributed by atoms with Gasteiger partial charge in [-0.25, -0.2) is 0 Å². The molecule has 0 aliphatic heterocycles. The average molecular weight is 368 g/mol. The Bertz CT molecular complexity index is 567. The molecular formula is C22H34LiNOS. The average Bonchev–Trinajstić information content (AvgIpc) is 2.93. The van der Waals surface area contributed by atoms with E-state index in [2.05, 4.69) is 58.0 Å². The van der Waals surface area contributed by atoms with Crippen molar-refractivity contribution in [3.8, 4) is 0 Å². The Kier molecular flexibility index (Phi) is 7.80. The Labute approximate surface area is 176 Å². The van der Waals surface area contributed by atoms with Gasteiger partial charge < -0.3 is 9.46 Å². The van der Waals surface area contributed by atoms with Gasteiger partial charge in [0.25, 0.3) is 0 Å². The van der Waals surface area contributed by atoms with Gasteiger partial charge in [-0.05, 0) is 24.2 Å². The molecule has 1 aromatic rings. The predicted molar refractivity (Wildman–Crippen MR) is 109 cm³/mol. The molecule has 26 heavy (non-hydrogen) atoms. The third-order valence-corrected chi connectivity index (χ3v) is 8.47. The van der Waals surface area contributed by atoms with Crippen LogP contribution in [-0.4, -0.2) is 18.5 Å². The fraction of sp³-hybridized carbons (Fsp3) is 0.727. The monoisotopic (exact) mass is 367 g/mol. The second-order valence-corrected chi connectivity index (χ2v) is 9.65. The quantitative estimate of drug-likeness (QED) is 0.516. The SMILES string of the molecule is CCCCC([N-]SC1C(OC)[C@]2(C)CC[C@H]1C2(C)C)c1ccccc1.[Li+]. The maximum Gasteiger partial charge on any atom is 1.00 e. The number of nitrogens with zero attached hydrogens (tertiary/aromatic N) is 1. The van der Waals surface area contributed by atoms with Crippen LogP contribution in [0.2, 0.25) is 0 Å². The van der Waals surface area contributed by atoms with Crippen LogP contribution in [0.3, 0.4) is 0 Å². The molecule has 2 aliphatic carbocycles. The molecule has 0 radical (unpaired) electrons. The van der Waals surface area contributed by atoms with E-state index in [0.29, 0.717) is 28.7 Å². The number of methoxy groups -OCH3 is 1. The summed E-state index contributed by atoms with van der Waals surface area (Å²) in [5.41, 5.74) is 1.98. The van der Waals surface area contributed by atoms with Crippen molar-refractivity contribution in [3.05, 3.63) is 40.6 Å². The molecular weight excluding hydrogens is 333 g/mol. The summed E-state index contributed by atoms with van der Waals surface area (Å²) in [6.45, 7) is 9.59. The Hall–Kier alpha value is 0.0874. The minimum absolute atomic E-state index is 0. The Balaban J connectivity index is 0.00000243. The van der Waals surface area contributed by atoms with Crippen molar-refractivity contribution in [2.24, 2.45) is 16.7 Å². The van der Waals surface area contributed by atoms with Crippen LogP contribution >= 0.6 is 11.9 Å². The molecule has 4 heteroatoms. The van der Waals surface area contributed by atoms with Gasteiger partial charge in [-0.2, -0.15) is 0 Å². The number of rotatable bonds is 8. The Morgan fingerprint density at radius 1 is 1.23 bits per heavy atom. The summed E-state index contributed by atoms with van der Waals surface area (Å²) in [5, 5.41) is 0.492. The van der Waals surface area contributed by atoms with Gasteiger partial charge in [0.2, 0.25) is 0 Å². The number of hydrogen-bond donors (Lipinski definition) is 0. The molecule has 0 aromatic heterocycles. The third-order valence-electron chi connectivity index (χ3n) is 7.28. The van der Waals surface area contributed by atoms with Crippen LogP contribution in [-0.2, 0) is 4.74 Å². The summed E-state index contributed by atoms with van der Waals surface area (Å²) in [4.78, 5) is 0. The molecule has 3 rings (SSSR count). The number of benzene rings is 1. The molecule has 5 atom stereocenters. The van der Waals surface area contributed by atoms with Gasteiger partial charge in [-0.3, -0.25) is 11.9 Å². The molecule has 3 unspecified atom stereocenters. The zero-order chi connectivity index (χ0) is 18.1. The topological polar surface area (TPSA) is 23.3 Å². The molecule has 0 spiro atoms. The van der Waals surface area contributed by atoms with Crippen LogP contribution in [0.15, 0.2) is 30.3 Å². The van der Waals surface area contributed by atoms with Crippen molar-refractivity contribution in [1.82, 2.24) is 0 Å². The summed E-state index contributed by atoms with van der Waals surface area (Å²) in [7, 11) is 1.89. The van der Waals surface area contributed by atoms with E-state index in [4.69, 9.17) is 9.46 Å². The summed E-state index contributed by atoms with van der Waals surface area (Å²) in [5.74, 6) is 0.707. The summed E-state index contributed by atoms with van der Waals surface area (Å²) in [6, 6.07) is 11.1. The van der Waals surface area contributed by atoms with Gasteiger partial charge in [0.1, 0.15) is 0 Å². The van der Waals surface area contributed by atoms with Crippen molar-refractivity contribution in [3.63, 3.8) is 0 Å². The first-order valence-electron chi connectivity index (χ1n) is 9.89. The fourth-order valence-corrected chi connectivity index (χ4v) is 6.90. The largest absolute Gasteiger partial charge is 1.00 e. The molecule has 2 bridgehead atoms. The van der Waals surface area contributed by atoms with Crippen molar-refractivity contribution in [2.75, 3.05) is 7.11 Å². The molecule has 0 saturated heterocycles. The van der Waals surface area contributed by atoms with E-state index >= 15 is 0 Å². The van der Waals surface area contributed by atoms with Gasteiger partial charge in [0, 0.05) is 17.8 Å². The van der Waals surface area contributed by atoms with Gasteiger partial charge in [0.05, 0.1) is 6.10 Å². The summed E-state index contributed by atoms with van der Waals surface area (Å²) in [6.07, 6.45) is 6.52. The van der Waals surface area contributed by atoms with E-state index in [9.17, 15) is 0 Å². The van der Waals surface area contributed by atoms with Crippen molar-refractivity contribution >= 4 is 11.9 Å². The zero-order valence-corrected chi connectivity index (χ0v) is 18.3. The summed E-state index contributed by atoms with van der Waals surface area (Å²) < 4.78 is 11.2. The van der Waals surface area contributed by atoms with E-state index in [0.717, 1.165) is 6.42 Å². The van der Waals surface area contributed by atoms with Gasteiger partial charge >= 0.3 is 18.9 Å². The Morgan fingerprint density at radius 3 is 2.54 bits per heavy atom. The van der Waals surface area contributed by atoms with Crippen LogP contribution in [0.4, 0.5) is 0 Å². The van der Waals surface area contributed by atoms with Crippen molar-refractivity contribution in [2.45, 2.75) is 77.2 Å². The third kappa shape index (κ3) is 3.81. The number of ether oxygens (including phenoxy) is 1. The molecule has 2 saturated carbocycles. The van der Waals surface area contributed by atoms with E-state index < -0.39 is 0 Å². The fourth-order valence-electron chi connectivity index (χ4n) is 5.24.